The van der Waals surface area contributed by atoms with Crippen LogP contribution in [0.5, 0.6) is 0 Å². The Hall–Kier alpha value is 0.320. The zero-order chi connectivity index (χ0) is 7.78. The van der Waals surface area contributed by atoms with Crippen LogP contribution in [-0.2, 0) is 0 Å². The Balaban J connectivity index is 2.72. The van der Waals surface area contributed by atoms with E-state index in [0.717, 1.165) is 19.3 Å². The van der Waals surface area contributed by atoms with Gasteiger partial charge in [0.1, 0.15) is 4.33 Å². The van der Waals surface area contributed by atoms with Crippen molar-refractivity contribution in [2.24, 2.45) is 0 Å². The molecule has 0 saturated carbocycles. The second-order valence-corrected chi connectivity index (χ2v) is 4.73. The number of rotatable bonds is 0. The fourth-order valence-corrected chi connectivity index (χ4v) is 1.80. The molecular weight excluding hydrogens is 167 g/mol. The van der Waals surface area contributed by atoms with Crippen molar-refractivity contribution < 1.29 is 0 Å². The molecule has 0 amide bonds. The van der Waals surface area contributed by atoms with Crippen molar-refractivity contribution >= 4 is 23.2 Å². The van der Waals surface area contributed by atoms with Gasteiger partial charge in [0.2, 0.25) is 0 Å². The van der Waals surface area contributed by atoms with Crippen LogP contribution >= 0.6 is 23.2 Å². The van der Waals surface area contributed by atoms with Gasteiger partial charge in [0, 0.05) is 6.42 Å². The van der Waals surface area contributed by atoms with Gasteiger partial charge in [-0.15, -0.1) is 23.2 Å². The van der Waals surface area contributed by atoms with Crippen LogP contribution in [-0.4, -0.2) is 4.33 Å². The van der Waals surface area contributed by atoms with E-state index in [4.69, 9.17) is 23.2 Å². The lowest BCUT2D eigenvalue weighted by Gasteiger charge is -2.26. The molecule has 0 aromatic carbocycles. The van der Waals surface area contributed by atoms with E-state index < -0.39 is 4.33 Å². The molecule has 0 unspecified atom stereocenters. The average Bonchev–Trinajstić information content (AvgIpc) is 1.79. The van der Waals surface area contributed by atoms with Crippen LogP contribution in [0.2, 0.25) is 0 Å². The zero-order valence-corrected chi connectivity index (χ0v) is 7.89. The molecule has 0 heterocycles. The molecule has 0 spiro atoms. The summed E-state index contributed by atoms with van der Waals surface area (Å²) in [4.78, 5) is 0. The van der Waals surface area contributed by atoms with Crippen molar-refractivity contribution in [2.45, 2.75) is 37.4 Å². The molecule has 2 heteroatoms. The fraction of sp³-hybridized carbons (Fsp3) is 0.750. The Kier molecular flexibility index (Phi) is 2.31. The lowest BCUT2D eigenvalue weighted by atomic mass is 9.93. The van der Waals surface area contributed by atoms with E-state index in [1.807, 2.05) is 0 Å². The maximum atomic E-state index is 5.96. The molecule has 0 saturated heterocycles. The minimum Gasteiger partial charge on any atom is -0.101 e. The number of hydrogen-bond donors (Lipinski definition) is 0. The highest BCUT2D eigenvalue weighted by molar-refractivity contribution is 6.48. The summed E-state index contributed by atoms with van der Waals surface area (Å²) in [7, 11) is 0. The molecule has 0 N–H and O–H groups in total. The topological polar surface area (TPSA) is 0 Å². The van der Waals surface area contributed by atoms with E-state index in [-0.39, 0.29) is 0 Å². The Morgan fingerprint density at radius 1 is 1.20 bits per heavy atom. The van der Waals surface area contributed by atoms with Crippen LogP contribution in [0.4, 0.5) is 0 Å². The van der Waals surface area contributed by atoms with Crippen LogP contribution in [0.1, 0.15) is 33.1 Å². The molecular formula is C8H12Cl2. The maximum Gasteiger partial charge on any atom is 0.122 e. The first kappa shape index (κ1) is 8.42. The summed E-state index contributed by atoms with van der Waals surface area (Å²) in [5, 5.41) is 0. The molecule has 0 aromatic rings. The van der Waals surface area contributed by atoms with Gasteiger partial charge in [-0.3, -0.25) is 0 Å². The van der Waals surface area contributed by atoms with E-state index in [1.54, 1.807) is 0 Å². The third-order valence-electron chi connectivity index (χ3n) is 2.12. The third-order valence-corrected chi connectivity index (χ3v) is 2.76. The van der Waals surface area contributed by atoms with Crippen molar-refractivity contribution in [1.82, 2.24) is 0 Å². The first-order valence-electron chi connectivity index (χ1n) is 3.54. The summed E-state index contributed by atoms with van der Waals surface area (Å²) in [6, 6.07) is 0. The van der Waals surface area contributed by atoms with Gasteiger partial charge in [-0.2, -0.15) is 0 Å². The first-order chi connectivity index (χ1) is 4.51. The van der Waals surface area contributed by atoms with Crippen LogP contribution in [0.3, 0.4) is 0 Å². The van der Waals surface area contributed by atoms with Crippen LogP contribution in [0, 0.1) is 0 Å². The van der Waals surface area contributed by atoms with Gasteiger partial charge in [0.25, 0.3) is 0 Å². The standard InChI is InChI=1S/C8H12Cl2/c1-6-3-4-8(9,10)5-7(6)2/h3-5H2,1-2H3. The molecule has 0 fully saturated rings. The summed E-state index contributed by atoms with van der Waals surface area (Å²) in [5.41, 5.74) is 2.81. The Labute approximate surface area is 72.2 Å². The normalized spacial score (nSPS) is 25.2. The highest BCUT2D eigenvalue weighted by atomic mass is 35.5. The smallest absolute Gasteiger partial charge is 0.101 e. The second-order valence-electron chi connectivity index (χ2n) is 3.09. The van der Waals surface area contributed by atoms with Crippen LogP contribution in [0.25, 0.3) is 0 Å². The van der Waals surface area contributed by atoms with Crippen LogP contribution in [0.15, 0.2) is 11.1 Å². The molecule has 0 bridgehead atoms. The summed E-state index contributed by atoms with van der Waals surface area (Å²) in [6.07, 6.45) is 2.79. The molecule has 58 valence electrons. The highest BCUT2D eigenvalue weighted by Crippen LogP contribution is 2.40. The Morgan fingerprint density at radius 2 is 1.80 bits per heavy atom. The van der Waals surface area contributed by atoms with Crippen LogP contribution < -0.4 is 0 Å². The van der Waals surface area contributed by atoms with E-state index in [1.165, 1.54) is 11.1 Å². The lowest BCUT2D eigenvalue weighted by molar-refractivity contribution is 0.632. The SMILES string of the molecule is CC1=C(C)CC(Cl)(Cl)CC1. The summed E-state index contributed by atoms with van der Waals surface area (Å²) >= 11 is 11.9. The van der Waals surface area contributed by atoms with Crippen molar-refractivity contribution in [3.63, 3.8) is 0 Å². The van der Waals surface area contributed by atoms with Gasteiger partial charge in [0.05, 0.1) is 0 Å². The van der Waals surface area contributed by atoms with Crippen molar-refractivity contribution in [3.8, 4) is 0 Å². The van der Waals surface area contributed by atoms with Crippen molar-refractivity contribution in [3.05, 3.63) is 11.1 Å². The summed E-state index contributed by atoms with van der Waals surface area (Å²) in [6.45, 7) is 4.26. The van der Waals surface area contributed by atoms with Gasteiger partial charge < -0.3 is 0 Å². The zero-order valence-electron chi connectivity index (χ0n) is 6.38. The van der Waals surface area contributed by atoms with E-state index in [9.17, 15) is 0 Å². The van der Waals surface area contributed by atoms with Crippen molar-refractivity contribution in [2.75, 3.05) is 0 Å². The Bertz CT molecular complexity index is 168. The van der Waals surface area contributed by atoms with Gasteiger partial charge in [0.15, 0.2) is 0 Å². The monoisotopic (exact) mass is 178 g/mol. The summed E-state index contributed by atoms with van der Waals surface area (Å²) < 4.78 is -0.483. The molecule has 0 atom stereocenters. The van der Waals surface area contributed by atoms with Gasteiger partial charge in [-0.1, -0.05) is 11.1 Å². The van der Waals surface area contributed by atoms with Gasteiger partial charge in [-0.05, 0) is 26.7 Å². The number of alkyl halides is 2. The third kappa shape index (κ3) is 1.90. The quantitative estimate of drug-likeness (QED) is 0.393. The number of allylic oxidation sites excluding steroid dienone is 2. The fourth-order valence-electron chi connectivity index (χ4n) is 1.21. The van der Waals surface area contributed by atoms with E-state index >= 15 is 0 Å². The van der Waals surface area contributed by atoms with Crippen molar-refractivity contribution in [1.29, 1.82) is 0 Å². The minimum absolute atomic E-state index is 0.483. The second kappa shape index (κ2) is 2.75. The number of halogens is 2. The molecule has 0 nitrogen and oxygen atoms in total. The number of hydrogen-bond acceptors (Lipinski definition) is 0. The summed E-state index contributed by atoms with van der Waals surface area (Å²) in [5.74, 6) is 0. The van der Waals surface area contributed by atoms with E-state index in [0.29, 0.717) is 0 Å². The lowest BCUT2D eigenvalue weighted by Crippen LogP contribution is -2.17. The predicted molar refractivity (Wildman–Crippen MR) is 46.7 cm³/mol. The van der Waals surface area contributed by atoms with E-state index in [2.05, 4.69) is 13.8 Å². The average molecular weight is 179 g/mol. The largest absolute Gasteiger partial charge is 0.122 e. The maximum absolute atomic E-state index is 5.96. The molecule has 0 aliphatic heterocycles. The Morgan fingerprint density at radius 3 is 2.20 bits per heavy atom. The molecule has 1 aliphatic carbocycles. The van der Waals surface area contributed by atoms with Gasteiger partial charge in [-0.25, -0.2) is 0 Å². The minimum atomic E-state index is -0.483. The first-order valence-corrected chi connectivity index (χ1v) is 4.30. The predicted octanol–water partition coefficient (Wildman–Crippen LogP) is 3.68. The molecule has 1 aliphatic rings. The molecule has 1 rings (SSSR count). The molecule has 0 aromatic heterocycles. The molecule has 0 radical (unpaired) electrons. The molecule has 10 heavy (non-hydrogen) atoms. The van der Waals surface area contributed by atoms with Gasteiger partial charge >= 0.3 is 0 Å². The highest BCUT2D eigenvalue weighted by Gasteiger charge is 2.28.